The van der Waals surface area contributed by atoms with Crippen molar-refractivity contribution in [2.24, 2.45) is 0 Å². The monoisotopic (exact) mass is 249 g/mol. The van der Waals surface area contributed by atoms with E-state index in [9.17, 15) is 9.59 Å². The zero-order valence-corrected chi connectivity index (χ0v) is 10.7. The van der Waals surface area contributed by atoms with Crippen molar-refractivity contribution in [1.29, 1.82) is 0 Å². The van der Waals surface area contributed by atoms with Crippen LogP contribution in [-0.4, -0.2) is 32.0 Å². The van der Waals surface area contributed by atoms with Crippen LogP contribution >= 0.6 is 0 Å². The zero-order valence-electron chi connectivity index (χ0n) is 10.7. The molecule has 5 heteroatoms. The number of nitrogens with one attached hydrogen (secondary N) is 3. The van der Waals surface area contributed by atoms with Crippen LogP contribution in [0.4, 0.5) is 5.69 Å². The molecule has 98 valence electrons. The second-order valence-electron chi connectivity index (χ2n) is 3.86. The van der Waals surface area contributed by atoms with Crippen molar-refractivity contribution < 1.29 is 9.59 Å². The maximum absolute atomic E-state index is 11.4. The minimum Gasteiger partial charge on any atom is -0.376 e. The van der Waals surface area contributed by atoms with E-state index in [4.69, 9.17) is 0 Å². The van der Waals surface area contributed by atoms with Crippen LogP contribution in [0.5, 0.6) is 0 Å². The highest BCUT2D eigenvalue weighted by atomic mass is 16.2. The molecular weight excluding hydrogens is 230 g/mol. The van der Waals surface area contributed by atoms with Gasteiger partial charge < -0.3 is 16.0 Å². The Morgan fingerprint density at radius 1 is 1.17 bits per heavy atom. The highest BCUT2D eigenvalue weighted by Gasteiger charge is 2.03. The van der Waals surface area contributed by atoms with Gasteiger partial charge in [-0.1, -0.05) is 6.92 Å². The maximum Gasteiger partial charge on any atom is 0.251 e. The fourth-order valence-corrected chi connectivity index (χ4v) is 1.39. The minimum absolute atomic E-state index is 0.0350. The smallest absolute Gasteiger partial charge is 0.251 e. The molecule has 0 unspecified atom stereocenters. The predicted molar refractivity (Wildman–Crippen MR) is 71.6 cm³/mol. The summed E-state index contributed by atoms with van der Waals surface area (Å²) in [6.07, 6.45) is 0.923. The molecule has 2 amide bonds. The average molecular weight is 249 g/mol. The van der Waals surface area contributed by atoms with Crippen molar-refractivity contribution in [3.05, 3.63) is 29.8 Å². The van der Waals surface area contributed by atoms with Crippen molar-refractivity contribution in [1.82, 2.24) is 10.6 Å². The first kappa shape index (κ1) is 14.0. The van der Waals surface area contributed by atoms with Gasteiger partial charge in [-0.2, -0.15) is 0 Å². The number of carbonyl (C=O) groups excluding carboxylic acids is 2. The molecule has 0 atom stereocenters. The van der Waals surface area contributed by atoms with Gasteiger partial charge in [0.25, 0.3) is 5.91 Å². The molecule has 1 aromatic rings. The van der Waals surface area contributed by atoms with E-state index in [2.05, 4.69) is 16.0 Å². The van der Waals surface area contributed by atoms with E-state index in [-0.39, 0.29) is 18.4 Å². The predicted octanol–water partition coefficient (Wildman–Crippen LogP) is 0.984. The number of rotatable bonds is 6. The molecule has 0 radical (unpaired) electrons. The quantitative estimate of drug-likeness (QED) is 0.704. The third-order valence-electron chi connectivity index (χ3n) is 2.40. The second kappa shape index (κ2) is 7.32. The van der Waals surface area contributed by atoms with Gasteiger partial charge in [0.05, 0.1) is 6.54 Å². The molecule has 0 spiro atoms. The number of anilines is 1. The molecule has 0 saturated heterocycles. The molecule has 18 heavy (non-hydrogen) atoms. The highest BCUT2D eigenvalue weighted by molar-refractivity contribution is 5.94. The van der Waals surface area contributed by atoms with Crippen molar-refractivity contribution in [2.45, 2.75) is 13.3 Å². The number of benzene rings is 1. The summed E-state index contributed by atoms with van der Waals surface area (Å²) in [4.78, 5) is 22.7. The SMILES string of the molecule is CCCNC(=O)CNc1ccc(C(=O)NC)cc1. The van der Waals surface area contributed by atoms with Crippen LogP contribution in [0.25, 0.3) is 0 Å². The van der Waals surface area contributed by atoms with Gasteiger partial charge in [0.15, 0.2) is 0 Å². The molecule has 0 bridgehead atoms. The molecule has 0 aromatic heterocycles. The van der Waals surface area contributed by atoms with Gasteiger partial charge in [-0.05, 0) is 30.7 Å². The lowest BCUT2D eigenvalue weighted by Crippen LogP contribution is -2.30. The molecule has 1 aromatic carbocycles. The van der Waals surface area contributed by atoms with E-state index in [0.717, 1.165) is 12.1 Å². The fourth-order valence-electron chi connectivity index (χ4n) is 1.39. The van der Waals surface area contributed by atoms with Crippen LogP contribution in [0.3, 0.4) is 0 Å². The first-order valence-corrected chi connectivity index (χ1v) is 6.00. The molecule has 1 rings (SSSR count). The topological polar surface area (TPSA) is 70.2 Å². The van der Waals surface area contributed by atoms with E-state index in [1.165, 1.54) is 0 Å². The largest absolute Gasteiger partial charge is 0.376 e. The Hall–Kier alpha value is -2.04. The number of amides is 2. The highest BCUT2D eigenvalue weighted by Crippen LogP contribution is 2.08. The first-order valence-electron chi connectivity index (χ1n) is 6.00. The molecule has 0 saturated carbocycles. The van der Waals surface area contributed by atoms with Gasteiger partial charge in [-0.15, -0.1) is 0 Å². The van der Waals surface area contributed by atoms with Crippen LogP contribution in [-0.2, 0) is 4.79 Å². The zero-order chi connectivity index (χ0) is 13.4. The van der Waals surface area contributed by atoms with Gasteiger partial charge in [0.1, 0.15) is 0 Å². The van der Waals surface area contributed by atoms with Crippen LogP contribution in [0.1, 0.15) is 23.7 Å². The number of carbonyl (C=O) groups is 2. The summed E-state index contributed by atoms with van der Waals surface area (Å²) >= 11 is 0. The Kier molecular flexibility index (Phi) is 5.70. The van der Waals surface area contributed by atoms with Gasteiger partial charge in [-0.3, -0.25) is 9.59 Å². The summed E-state index contributed by atoms with van der Waals surface area (Å²) in [6, 6.07) is 6.98. The lowest BCUT2D eigenvalue weighted by Gasteiger charge is -2.07. The Bertz CT molecular complexity index is 401. The van der Waals surface area contributed by atoms with Gasteiger partial charge >= 0.3 is 0 Å². The lowest BCUT2D eigenvalue weighted by molar-refractivity contribution is -0.119. The van der Waals surface area contributed by atoms with Crippen molar-refractivity contribution >= 4 is 17.5 Å². The van der Waals surface area contributed by atoms with Gasteiger partial charge in [-0.25, -0.2) is 0 Å². The lowest BCUT2D eigenvalue weighted by atomic mass is 10.2. The molecular formula is C13H19N3O2. The fraction of sp³-hybridized carbons (Fsp3) is 0.385. The van der Waals surface area contributed by atoms with Crippen molar-refractivity contribution in [3.63, 3.8) is 0 Å². The Labute approximate surface area is 107 Å². The first-order chi connectivity index (χ1) is 8.67. The van der Waals surface area contributed by atoms with Crippen LogP contribution in [0.15, 0.2) is 24.3 Å². The van der Waals surface area contributed by atoms with E-state index < -0.39 is 0 Å². The number of hydrogen-bond donors (Lipinski definition) is 3. The van der Waals surface area contributed by atoms with E-state index in [1.807, 2.05) is 6.92 Å². The Morgan fingerprint density at radius 2 is 1.83 bits per heavy atom. The van der Waals surface area contributed by atoms with Crippen LogP contribution in [0.2, 0.25) is 0 Å². The Morgan fingerprint density at radius 3 is 2.39 bits per heavy atom. The summed E-state index contributed by atoms with van der Waals surface area (Å²) in [7, 11) is 1.59. The molecule has 0 aliphatic carbocycles. The summed E-state index contributed by atoms with van der Waals surface area (Å²) < 4.78 is 0. The van der Waals surface area contributed by atoms with Gasteiger partial charge in [0, 0.05) is 24.8 Å². The van der Waals surface area contributed by atoms with Crippen molar-refractivity contribution in [2.75, 3.05) is 25.5 Å². The summed E-state index contributed by atoms with van der Waals surface area (Å²) in [5.41, 5.74) is 1.41. The second-order valence-corrected chi connectivity index (χ2v) is 3.86. The number of hydrogen-bond acceptors (Lipinski definition) is 3. The third-order valence-corrected chi connectivity index (χ3v) is 2.40. The van der Waals surface area contributed by atoms with E-state index in [0.29, 0.717) is 12.1 Å². The van der Waals surface area contributed by atoms with E-state index in [1.54, 1.807) is 31.3 Å². The van der Waals surface area contributed by atoms with Crippen LogP contribution < -0.4 is 16.0 Å². The molecule has 0 aliphatic rings. The van der Waals surface area contributed by atoms with Gasteiger partial charge in [0.2, 0.25) is 5.91 Å². The van der Waals surface area contributed by atoms with Crippen molar-refractivity contribution in [3.8, 4) is 0 Å². The third kappa shape index (κ3) is 4.45. The van der Waals surface area contributed by atoms with E-state index >= 15 is 0 Å². The normalized spacial score (nSPS) is 9.67. The molecule has 0 fully saturated rings. The maximum atomic E-state index is 11.4. The molecule has 0 aliphatic heterocycles. The molecule has 3 N–H and O–H groups in total. The summed E-state index contributed by atoms with van der Waals surface area (Å²) in [5, 5.41) is 8.32. The summed E-state index contributed by atoms with van der Waals surface area (Å²) in [6.45, 7) is 2.93. The molecule has 5 nitrogen and oxygen atoms in total. The Balaban J connectivity index is 2.44. The summed E-state index contributed by atoms with van der Waals surface area (Å²) in [5.74, 6) is -0.158. The molecule has 0 heterocycles. The average Bonchev–Trinajstić information content (AvgIpc) is 2.42. The standard InChI is InChI=1S/C13H19N3O2/c1-3-8-15-12(17)9-16-11-6-4-10(5-7-11)13(18)14-2/h4-7,16H,3,8-9H2,1-2H3,(H,14,18)(H,15,17). The minimum atomic E-state index is -0.123. The van der Waals surface area contributed by atoms with Crippen LogP contribution in [0, 0.1) is 0 Å².